The molecule has 0 aromatic rings. The van der Waals surface area contributed by atoms with E-state index in [0.717, 1.165) is 32.5 Å². The Morgan fingerprint density at radius 3 is 2.67 bits per heavy atom. The molecule has 0 spiro atoms. The smallest absolute Gasteiger partial charge is 0.159 e. The molecule has 0 radical (unpaired) electrons. The summed E-state index contributed by atoms with van der Waals surface area (Å²) < 4.78 is 11.3. The fraction of sp³-hybridized carbons (Fsp3) is 1.00. The normalized spacial score (nSPS) is 30.6. The first-order chi connectivity index (χ1) is 7.40. The minimum Gasteiger partial charge on any atom is -0.392 e. The molecule has 0 aromatic heterocycles. The summed E-state index contributed by atoms with van der Waals surface area (Å²) in [6.45, 7) is 2.94. The van der Waals surface area contributed by atoms with E-state index in [-0.39, 0.29) is 19.1 Å². The molecule has 2 saturated heterocycles. The van der Waals surface area contributed by atoms with Crippen molar-refractivity contribution in [2.24, 2.45) is 0 Å². The van der Waals surface area contributed by atoms with Crippen LogP contribution in [-0.4, -0.2) is 48.8 Å². The van der Waals surface area contributed by atoms with E-state index in [1.807, 2.05) is 0 Å². The number of hydrogen-bond donors (Lipinski definition) is 1. The Bertz CT molecular complexity index is 177. The Hall–Kier alpha value is -0.160. The van der Waals surface area contributed by atoms with Crippen LogP contribution in [0.2, 0.25) is 0 Å². The van der Waals surface area contributed by atoms with Gasteiger partial charge in [-0.15, -0.1) is 0 Å². The van der Waals surface area contributed by atoms with Crippen LogP contribution in [0.1, 0.15) is 32.1 Å². The van der Waals surface area contributed by atoms with Crippen LogP contribution in [0, 0.1) is 0 Å². The highest BCUT2D eigenvalue weighted by atomic mass is 16.7. The first kappa shape index (κ1) is 11.3. The molecule has 0 aliphatic carbocycles. The van der Waals surface area contributed by atoms with Crippen LogP contribution in [-0.2, 0) is 9.47 Å². The molecule has 0 saturated carbocycles. The molecule has 4 heteroatoms. The molecule has 4 nitrogen and oxygen atoms in total. The molecule has 0 bridgehead atoms. The molecule has 2 atom stereocenters. The predicted molar refractivity (Wildman–Crippen MR) is 56.4 cm³/mol. The molecule has 1 N–H and O–H groups in total. The van der Waals surface area contributed by atoms with Gasteiger partial charge >= 0.3 is 0 Å². The van der Waals surface area contributed by atoms with E-state index in [1.165, 1.54) is 19.3 Å². The van der Waals surface area contributed by atoms with Crippen LogP contribution < -0.4 is 0 Å². The molecule has 2 rings (SSSR count). The molecule has 2 unspecified atom stereocenters. The number of nitrogens with zero attached hydrogens (tertiary/aromatic N) is 1. The minimum absolute atomic E-state index is 0.0693. The molecule has 0 aromatic carbocycles. The fourth-order valence-electron chi connectivity index (χ4n) is 2.27. The maximum Gasteiger partial charge on any atom is 0.159 e. The maximum atomic E-state index is 9.29. The Balaban J connectivity index is 1.78. The summed E-state index contributed by atoms with van der Waals surface area (Å²) >= 11 is 0. The van der Waals surface area contributed by atoms with Gasteiger partial charge in [-0.05, 0) is 32.1 Å². The number of rotatable bonds is 4. The second-order valence-corrected chi connectivity index (χ2v) is 4.31. The van der Waals surface area contributed by atoms with Crippen LogP contribution in [0.5, 0.6) is 0 Å². The molecule has 2 aliphatic heterocycles. The predicted octanol–water partition coefficient (Wildman–Crippen LogP) is 0.944. The van der Waals surface area contributed by atoms with Gasteiger partial charge in [0.2, 0.25) is 0 Å². The van der Waals surface area contributed by atoms with E-state index in [2.05, 4.69) is 4.90 Å². The molecule has 0 amide bonds. The Morgan fingerprint density at radius 1 is 1.27 bits per heavy atom. The summed E-state index contributed by atoms with van der Waals surface area (Å²) in [6, 6.07) is 0. The standard InChI is InChI=1S/C11H21NO3/c13-9-10(12-6-2-3-7-12)15-11-5-1-4-8-14-11/h10-11,13H,1-9H2. The lowest BCUT2D eigenvalue weighted by Gasteiger charge is -2.31. The fourth-order valence-corrected chi connectivity index (χ4v) is 2.27. The van der Waals surface area contributed by atoms with E-state index in [0.29, 0.717) is 0 Å². The van der Waals surface area contributed by atoms with Gasteiger partial charge in [-0.1, -0.05) is 0 Å². The first-order valence-corrected chi connectivity index (χ1v) is 6.02. The quantitative estimate of drug-likeness (QED) is 0.758. The lowest BCUT2D eigenvalue weighted by molar-refractivity contribution is -0.225. The van der Waals surface area contributed by atoms with Gasteiger partial charge < -0.3 is 14.6 Å². The average Bonchev–Trinajstić information content (AvgIpc) is 2.81. The Morgan fingerprint density at radius 2 is 2.07 bits per heavy atom. The number of aliphatic hydroxyl groups is 1. The largest absolute Gasteiger partial charge is 0.392 e. The zero-order valence-corrected chi connectivity index (χ0v) is 9.23. The van der Waals surface area contributed by atoms with Gasteiger partial charge in [-0.2, -0.15) is 0 Å². The third-order valence-corrected chi connectivity index (χ3v) is 3.15. The molecule has 2 heterocycles. The summed E-state index contributed by atoms with van der Waals surface area (Å²) in [4.78, 5) is 2.21. The van der Waals surface area contributed by atoms with Crippen LogP contribution in [0.25, 0.3) is 0 Å². The van der Waals surface area contributed by atoms with Gasteiger partial charge in [0.05, 0.1) is 6.61 Å². The third kappa shape index (κ3) is 3.14. The highest BCUT2D eigenvalue weighted by molar-refractivity contribution is 4.70. The summed E-state index contributed by atoms with van der Waals surface area (Å²) in [5.74, 6) is 0. The number of ether oxygens (including phenoxy) is 2. The van der Waals surface area contributed by atoms with Crippen LogP contribution >= 0.6 is 0 Å². The number of hydrogen-bond acceptors (Lipinski definition) is 4. The van der Waals surface area contributed by atoms with Crippen molar-refractivity contribution in [1.82, 2.24) is 4.90 Å². The van der Waals surface area contributed by atoms with E-state index >= 15 is 0 Å². The van der Waals surface area contributed by atoms with Gasteiger partial charge in [0.25, 0.3) is 0 Å². The highest BCUT2D eigenvalue weighted by Gasteiger charge is 2.26. The molecule has 88 valence electrons. The van der Waals surface area contributed by atoms with E-state index < -0.39 is 0 Å². The van der Waals surface area contributed by atoms with Crippen LogP contribution in [0.4, 0.5) is 0 Å². The van der Waals surface area contributed by atoms with Crippen molar-refractivity contribution in [3.63, 3.8) is 0 Å². The van der Waals surface area contributed by atoms with Crippen molar-refractivity contribution >= 4 is 0 Å². The summed E-state index contributed by atoms with van der Waals surface area (Å²) in [5, 5.41) is 9.29. The Labute approximate surface area is 91.2 Å². The number of aliphatic hydroxyl groups excluding tert-OH is 1. The van der Waals surface area contributed by atoms with Crippen molar-refractivity contribution < 1.29 is 14.6 Å². The van der Waals surface area contributed by atoms with Gasteiger partial charge in [-0.25, -0.2) is 0 Å². The van der Waals surface area contributed by atoms with Crippen molar-refractivity contribution in [2.45, 2.75) is 44.6 Å². The average molecular weight is 215 g/mol. The number of likely N-dealkylation sites (tertiary alicyclic amines) is 1. The van der Waals surface area contributed by atoms with Crippen molar-refractivity contribution in [2.75, 3.05) is 26.3 Å². The topological polar surface area (TPSA) is 41.9 Å². The van der Waals surface area contributed by atoms with E-state index in [4.69, 9.17) is 9.47 Å². The van der Waals surface area contributed by atoms with Gasteiger partial charge in [0.1, 0.15) is 6.23 Å². The van der Waals surface area contributed by atoms with Crippen molar-refractivity contribution in [3.8, 4) is 0 Å². The summed E-state index contributed by atoms with van der Waals surface area (Å²) in [7, 11) is 0. The lowest BCUT2D eigenvalue weighted by Crippen LogP contribution is -2.41. The van der Waals surface area contributed by atoms with E-state index in [1.54, 1.807) is 0 Å². The summed E-state index contributed by atoms with van der Waals surface area (Å²) in [5.41, 5.74) is 0. The van der Waals surface area contributed by atoms with Gasteiger partial charge in [0.15, 0.2) is 6.29 Å². The second-order valence-electron chi connectivity index (χ2n) is 4.31. The SMILES string of the molecule is OCC(OC1CCCCO1)N1CCCC1. The van der Waals surface area contributed by atoms with Crippen LogP contribution in [0.3, 0.4) is 0 Å². The molecular formula is C11H21NO3. The molecule has 2 aliphatic rings. The van der Waals surface area contributed by atoms with Crippen molar-refractivity contribution in [3.05, 3.63) is 0 Å². The second kappa shape index (κ2) is 5.80. The van der Waals surface area contributed by atoms with Gasteiger partial charge in [-0.3, -0.25) is 4.90 Å². The lowest BCUT2D eigenvalue weighted by atomic mass is 10.2. The maximum absolute atomic E-state index is 9.29. The monoisotopic (exact) mass is 215 g/mol. The zero-order chi connectivity index (χ0) is 10.5. The highest BCUT2D eigenvalue weighted by Crippen LogP contribution is 2.19. The third-order valence-electron chi connectivity index (χ3n) is 3.15. The van der Waals surface area contributed by atoms with E-state index in [9.17, 15) is 5.11 Å². The molecule has 15 heavy (non-hydrogen) atoms. The zero-order valence-electron chi connectivity index (χ0n) is 9.23. The molecular weight excluding hydrogens is 194 g/mol. The first-order valence-electron chi connectivity index (χ1n) is 6.02. The Kier molecular flexibility index (Phi) is 4.38. The summed E-state index contributed by atoms with van der Waals surface area (Å²) in [6.07, 6.45) is 5.43. The van der Waals surface area contributed by atoms with Crippen LogP contribution in [0.15, 0.2) is 0 Å². The minimum atomic E-state index is -0.157. The van der Waals surface area contributed by atoms with Crippen molar-refractivity contribution in [1.29, 1.82) is 0 Å². The molecule has 2 fully saturated rings. The van der Waals surface area contributed by atoms with Gasteiger partial charge in [0, 0.05) is 19.7 Å².